The minimum atomic E-state index is -3.71. The van der Waals surface area contributed by atoms with Crippen molar-refractivity contribution in [2.75, 3.05) is 27.1 Å². The average Bonchev–Trinajstić information content (AvgIpc) is 2.55. The van der Waals surface area contributed by atoms with Crippen molar-refractivity contribution in [3.05, 3.63) is 24.3 Å². The number of nitrogens with one attached hydrogen (secondary N) is 2. The van der Waals surface area contributed by atoms with Crippen LogP contribution in [0, 0.1) is 0 Å². The van der Waals surface area contributed by atoms with Crippen LogP contribution in [0.25, 0.3) is 0 Å². The Bertz CT molecular complexity index is 671. The summed E-state index contributed by atoms with van der Waals surface area (Å²) < 4.78 is 32.0. The van der Waals surface area contributed by atoms with Gasteiger partial charge in [-0.3, -0.25) is 4.90 Å². The van der Waals surface area contributed by atoms with Gasteiger partial charge in [-0.2, -0.15) is 0 Å². The Morgan fingerprint density at radius 2 is 2.04 bits per heavy atom. The summed E-state index contributed by atoms with van der Waals surface area (Å²) in [6, 6.07) is 6.09. The maximum atomic E-state index is 12.3. The predicted molar refractivity (Wildman–Crippen MR) is 86.6 cm³/mol. The summed E-state index contributed by atoms with van der Waals surface area (Å²) in [5, 5.41) is 12.3. The van der Waals surface area contributed by atoms with E-state index in [4.69, 9.17) is 4.74 Å². The molecule has 1 heterocycles. The number of nitrogens with zero attached hydrogens (tertiary/aromatic N) is 2. The van der Waals surface area contributed by atoms with Crippen LogP contribution in [0.5, 0.6) is 5.75 Å². The van der Waals surface area contributed by atoms with Gasteiger partial charge in [-0.15, -0.1) is 0 Å². The van der Waals surface area contributed by atoms with Crippen LogP contribution in [0.3, 0.4) is 0 Å². The SMILES string of the molecule is COc1ccc(S(=O)(=O)NC2=NCN(C(C)(C)CO)CN2)cc1. The topological polar surface area (TPSA) is 103 Å². The number of methoxy groups -OCH3 is 1. The Morgan fingerprint density at radius 3 is 2.52 bits per heavy atom. The van der Waals surface area contributed by atoms with E-state index in [0.29, 0.717) is 19.1 Å². The zero-order valence-electron chi connectivity index (χ0n) is 13.4. The number of rotatable bonds is 5. The van der Waals surface area contributed by atoms with Crippen LogP contribution in [0.4, 0.5) is 0 Å². The summed E-state index contributed by atoms with van der Waals surface area (Å²) >= 11 is 0. The molecule has 128 valence electrons. The van der Waals surface area contributed by atoms with Gasteiger partial charge in [0.15, 0.2) is 0 Å². The highest BCUT2D eigenvalue weighted by Crippen LogP contribution is 2.16. The molecule has 1 aromatic carbocycles. The van der Waals surface area contributed by atoms with E-state index in [1.807, 2.05) is 18.7 Å². The molecule has 0 aliphatic carbocycles. The summed E-state index contributed by atoms with van der Waals surface area (Å²) in [4.78, 5) is 6.20. The van der Waals surface area contributed by atoms with E-state index in [9.17, 15) is 13.5 Å². The van der Waals surface area contributed by atoms with Gasteiger partial charge in [0, 0.05) is 5.54 Å². The van der Waals surface area contributed by atoms with Gasteiger partial charge in [0.05, 0.1) is 31.9 Å². The van der Waals surface area contributed by atoms with Crippen molar-refractivity contribution < 1.29 is 18.3 Å². The third kappa shape index (κ3) is 4.12. The van der Waals surface area contributed by atoms with Crippen molar-refractivity contribution in [3.63, 3.8) is 0 Å². The molecule has 1 aliphatic rings. The lowest BCUT2D eigenvalue weighted by atomic mass is 10.1. The maximum absolute atomic E-state index is 12.3. The molecule has 8 nitrogen and oxygen atoms in total. The molecule has 23 heavy (non-hydrogen) atoms. The second-order valence-electron chi connectivity index (χ2n) is 5.77. The van der Waals surface area contributed by atoms with Crippen molar-refractivity contribution in [2.24, 2.45) is 4.99 Å². The molecule has 0 fully saturated rings. The fourth-order valence-corrected chi connectivity index (χ4v) is 2.95. The van der Waals surface area contributed by atoms with E-state index < -0.39 is 15.6 Å². The highest BCUT2D eigenvalue weighted by atomic mass is 32.2. The van der Waals surface area contributed by atoms with E-state index in [1.54, 1.807) is 12.1 Å². The van der Waals surface area contributed by atoms with Crippen LogP contribution < -0.4 is 14.8 Å². The Labute approximate surface area is 136 Å². The summed E-state index contributed by atoms with van der Waals surface area (Å²) in [7, 11) is -2.19. The first-order valence-electron chi connectivity index (χ1n) is 7.09. The van der Waals surface area contributed by atoms with Crippen molar-refractivity contribution in [2.45, 2.75) is 24.3 Å². The Morgan fingerprint density at radius 1 is 1.39 bits per heavy atom. The average molecular weight is 342 g/mol. The Kier molecular flexibility index (Phi) is 5.12. The van der Waals surface area contributed by atoms with Crippen LogP contribution in [0.1, 0.15) is 13.8 Å². The van der Waals surface area contributed by atoms with Gasteiger partial charge >= 0.3 is 0 Å². The molecule has 0 radical (unpaired) electrons. The van der Waals surface area contributed by atoms with E-state index in [-0.39, 0.29) is 17.5 Å². The Balaban J connectivity index is 2.06. The summed E-state index contributed by atoms with van der Waals surface area (Å²) in [5.41, 5.74) is -0.434. The summed E-state index contributed by atoms with van der Waals surface area (Å²) in [6.45, 7) is 4.43. The smallest absolute Gasteiger partial charge is 0.264 e. The predicted octanol–water partition coefficient (Wildman–Crippen LogP) is -0.0794. The normalized spacial score (nSPS) is 16.4. The van der Waals surface area contributed by atoms with Crippen molar-refractivity contribution in [3.8, 4) is 5.75 Å². The number of aliphatic hydroxyl groups excluding tert-OH is 1. The van der Waals surface area contributed by atoms with Gasteiger partial charge in [0.2, 0.25) is 5.96 Å². The van der Waals surface area contributed by atoms with Crippen LogP contribution in [0.15, 0.2) is 34.2 Å². The van der Waals surface area contributed by atoms with Gasteiger partial charge in [0.25, 0.3) is 10.0 Å². The van der Waals surface area contributed by atoms with Crippen molar-refractivity contribution >= 4 is 16.0 Å². The molecule has 0 saturated heterocycles. The van der Waals surface area contributed by atoms with Gasteiger partial charge in [-0.25, -0.2) is 18.1 Å². The molecular formula is C14H22N4O4S. The third-order valence-electron chi connectivity index (χ3n) is 3.68. The second kappa shape index (κ2) is 6.73. The minimum Gasteiger partial charge on any atom is -0.497 e. The van der Waals surface area contributed by atoms with E-state index in [0.717, 1.165) is 0 Å². The van der Waals surface area contributed by atoms with Crippen LogP contribution in [-0.2, 0) is 10.0 Å². The lowest BCUT2D eigenvalue weighted by Crippen LogP contribution is -2.57. The first-order chi connectivity index (χ1) is 10.8. The minimum absolute atomic E-state index is 0.0168. The van der Waals surface area contributed by atoms with Gasteiger partial charge < -0.3 is 15.2 Å². The maximum Gasteiger partial charge on any atom is 0.264 e. The largest absolute Gasteiger partial charge is 0.497 e. The number of hydrogen-bond donors (Lipinski definition) is 3. The van der Waals surface area contributed by atoms with E-state index in [2.05, 4.69) is 15.0 Å². The third-order valence-corrected chi connectivity index (χ3v) is 5.04. The van der Waals surface area contributed by atoms with Crippen LogP contribution >= 0.6 is 0 Å². The van der Waals surface area contributed by atoms with Gasteiger partial charge in [0.1, 0.15) is 5.75 Å². The lowest BCUT2D eigenvalue weighted by molar-refractivity contribution is 0.0528. The van der Waals surface area contributed by atoms with Gasteiger partial charge in [-0.05, 0) is 38.1 Å². The molecule has 9 heteroatoms. The number of aliphatic hydroxyl groups is 1. The second-order valence-corrected chi connectivity index (χ2v) is 7.46. The fraction of sp³-hybridized carbons (Fsp3) is 0.500. The van der Waals surface area contributed by atoms with E-state index in [1.165, 1.54) is 19.2 Å². The van der Waals surface area contributed by atoms with Crippen LogP contribution in [0.2, 0.25) is 0 Å². The monoisotopic (exact) mass is 342 g/mol. The summed E-state index contributed by atoms with van der Waals surface area (Å²) in [5.74, 6) is 0.768. The van der Waals surface area contributed by atoms with Crippen molar-refractivity contribution in [1.29, 1.82) is 0 Å². The number of guanidine groups is 1. The molecule has 0 unspecified atom stereocenters. The number of sulfonamides is 1. The molecule has 1 aliphatic heterocycles. The number of aliphatic imine (C=N–C) groups is 1. The molecule has 0 atom stereocenters. The molecule has 0 amide bonds. The molecule has 0 aromatic heterocycles. The summed E-state index contributed by atoms with van der Waals surface area (Å²) in [6.07, 6.45) is 0. The van der Waals surface area contributed by atoms with Crippen LogP contribution in [-0.4, -0.2) is 57.0 Å². The first-order valence-corrected chi connectivity index (χ1v) is 8.58. The molecule has 1 aromatic rings. The number of hydrogen-bond acceptors (Lipinski definition) is 7. The highest BCUT2D eigenvalue weighted by molar-refractivity contribution is 7.90. The quantitative estimate of drug-likeness (QED) is 0.692. The zero-order valence-corrected chi connectivity index (χ0v) is 14.2. The molecule has 2 rings (SSSR count). The molecule has 0 spiro atoms. The molecule has 3 N–H and O–H groups in total. The first kappa shape index (κ1) is 17.5. The van der Waals surface area contributed by atoms with E-state index >= 15 is 0 Å². The standard InChI is InChI=1S/C14H22N4O4S/c1-14(2,8-19)18-9-15-13(16-10-18)17-23(20,21)12-6-4-11(22-3)5-7-12/h4-7,19H,8-10H2,1-3H3,(H2,15,16,17). The zero-order chi connectivity index (χ0) is 17.1. The van der Waals surface area contributed by atoms with Crippen molar-refractivity contribution in [1.82, 2.24) is 14.9 Å². The molecule has 0 bridgehead atoms. The lowest BCUT2D eigenvalue weighted by Gasteiger charge is -2.38. The molecule has 0 saturated carbocycles. The number of ether oxygens (including phenoxy) is 1. The molecular weight excluding hydrogens is 320 g/mol. The van der Waals surface area contributed by atoms with Gasteiger partial charge in [-0.1, -0.05) is 0 Å². The number of benzene rings is 1. The fourth-order valence-electron chi connectivity index (χ4n) is 1.95. The Hall–Kier alpha value is -1.84. The highest BCUT2D eigenvalue weighted by Gasteiger charge is 2.28.